The molecule has 0 unspecified atom stereocenters. The van der Waals surface area contributed by atoms with Crippen molar-refractivity contribution in [1.29, 1.82) is 0 Å². The van der Waals surface area contributed by atoms with Crippen molar-refractivity contribution in [2.24, 2.45) is 5.92 Å². The topological polar surface area (TPSA) is 20.2 Å². The molecular weight excluding hydrogens is 148 g/mol. The van der Waals surface area contributed by atoms with E-state index in [4.69, 9.17) is 0 Å². The Morgan fingerprint density at radius 1 is 1.08 bits per heavy atom. The van der Waals surface area contributed by atoms with Crippen molar-refractivity contribution in [1.82, 2.24) is 0 Å². The van der Waals surface area contributed by atoms with Crippen LogP contribution in [0.2, 0.25) is 0 Å². The van der Waals surface area contributed by atoms with Gasteiger partial charge in [-0.15, -0.1) is 0 Å². The van der Waals surface area contributed by atoms with Gasteiger partial charge in [0.05, 0.1) is 5.60 Å². The van der Waals surface area contributed by atoms with Crippen LogP contribution in [0.1, 0.15) is 58.8 Å². The van der Waals surface area contributed by atoms with Crippen molar-refractivity contribution in [3.05, 3.63) is 0 Å². The second kappa shape index (κ2) is 4.27. The quantitative estimate of drug-likeness (QED) is 0.690. The third-order valence-electron chi connectivity index (χ3n) is 3.59. The lowest BCUT2D eigenvalue weighted by atomic mass is 9.74. The van der Waals surface area contributed by atoms with Crippen LogP contribution in [-0.2, 0) is 0 Å². The zero-order chi connectivity index (χ0) is 9.03. The molecular formula is C11H22O. The Kier molecular flexibility index (Phi) is 3.57. The predicted molar refractivity (Wildman–Crippen MR) is 52.1 cm³/mol. The molecule has 0 amide bonds. The van der Waals surface area contributed by atoms with Crippen molar-refractivity contribution in [2.45, 2.75) is 64.4 Å². The molecule has 1 nitrogen and oxygen atoms in total. The van der Waals surface area contributed by atoms with Gasteiger partial charge in [0.1, 0.15) is 0 Å². The summed E-state index contributed by atoms with van der Waals surface area (Å²) in [5.41, 5.74) is -0.347. The van der Waals surface area contributed by atoms with E-state index in [1.165, 1.54) is 32.1 Å². The molecule has 1 aliphatic carbocycles. The summed E-state index contributed by atoms with van der Waals surface area (Å²) in [5, 5.41) is 10.3. The van der Waals surface area contributed by atoms with E-state index in [0.717, 1.165) is 12.8 Å². The molecule has 0 aromatic heterocycles. The Bertz CT molecular complexity index is 121. The number of hydrogen-bond acceptors (Lipinski definition) is 1. The molecule has 0 bridgehead atoms. The van der Waals surface area contributed by atoms with Crippen molar-refractivity contribution >= 4 is 0 Å². The summed E-state index contributed by atoms with van der Waals surface area (Å²) >= 11 is 0. The molecule has 0 saturated heterocycles. The summed E-state index contributed by atoms with van der Waals surface area (Å²) < 4.78 is 0. The second-order valence-electron chi connectivity index (χ2n) is 4.15. The highest BCUT2D eigenvalue weighted by molar-refractivity contribution is 4.85. The fraction of sp³-hybridized carbons (Fsp3) is 1.00. The maximum Gasteiger partial charge on any atom is 0.0670 e. The van der Waals surface area contributed by atoms with Crippen LogP contribution < -0.4 is 0 Å². The first-order valence-electron chi connectivity index (χ1n) is 5.45. The second-order valence-corrected chi connectivity index (χ2v) is 4.15. The van der Waals surface area contributed by atoms with Crippen LogP contribution >= 0.6 is 0 Å². The van der Waals surface area contributed by atoms with Crippen LogP contribution in [0.15, 0.2) is 0 Å². The van der Waals surface area contributed by atoms with Crippen LogP contribution in [0.3, 0.4) is 0 Å². The molecule has 1 fully saturated rings. The molecule has 0 spiro atoms. The summed E-state index contributed by atoms with van der Waals surface area (Å²) in [7, 11) is 0. The van der Waals surface area contributed by atoms with Gasteiger partial charge in [-0.25, -0.2) is 0 Å². The van der Waals surface area contributed by atoms with E-state index >= 15 is 0 Å². The number of hydrogen-bond donors (Lipinski definition) is 1. The molecule has 0 radical (unpaired) electrons. The Hall–Kier alpha value is -0.0400. The molecule has 0 aromatic carbocycles. The molecule has 12 heavy (non-hydrogen) atoms. The summed E-state index contributed by atoms with van der Waals surface area (Å²) in [4.78, 5) is 0. The third-order valence-corrected chi connectivity index (χ3v) is 3.59. The zero-order valence-electron chi connectivity index (χ0n) is 8.47. The lowest BCUT2D eigenvalue weighted by Gasteiger charge is -2.37. The molecule has 0 atom stereocenters. The van der Waals surface area contributed by atoms with Gasteiger partial charge in [-0.05, 0) is 31.6 Å². The van der Waals surface area contributed by atoms with Gasteiger partial charge in [0, 0.05) is 0 Å². The first kappa shape index (κ1) is 10.0. The van der Waals surface area contributed by atoms with E-state index in [0.29, 0.717) is 5.92 Å². The zero-order valence-corrected chi connectivity index (χ0v) is 8.47. The molecule has 0 heterocycles. The fourth-order valence-electron chi connectivity index (χ4n) is 2.47. The van der Waals surface area contributed by atoms with Crippen LogP contribution in [0, 0.1) is 5.92 Å². The third kappa shape index (κ3) is 2.01. The van der Waals surface area contributed by atoms with E-state index in [9.17, 15) is 5.11 Å². The van der Waals surface area contributed by atoms with Gasteiger partial charge in [0.25, 0.3) is 0 Å². The lowest BCUT2D eigenvalue weighted by molar-refractivity contribution is -0.0393. The normalized spacial score (nSPS) is 21.2. The molecule has 72 valence electrons. The first-order valence-corrected chi connectivity index (χ1v) is 5.45. The van der Waals surface area contributed by atoms with Crippen molar-refractivity contribution in [2.75, 3.05) is 0 Å². The SMILES string of the molecule is CCC(O)(CC)C1CCCCC1. The van der Waals surface area contributed by atoms with E-state index < -0.39 is 0 Å². The fourth-order valence-corrected chi connectivity index (χ4v) is 2.47. The molecule has 1 rings (SSSR count). The van der Waals surface area contributed by atoms with Gasteiger partial charge in [0.2, 0.25) is 0 Å². The largest absolute Gasteiger partial charge is 0.390 e. The van der Waals surface area contributed by atoms with Gasteiger partial charge >= 0.3 is 0 Å². The summed E-state index contributed by atoms with van der Waals surface area (Å²) in [6.45, 7) is 4.22. The Morgan fingerprint density at radius 3 is 2.00 bits per heavy atom. The van der Waals surface area contributed by atoms with Gasteiger partial charge in [-0.1, -0.05) is 33.1 Å². The molecule has 0 aliphatic heterocycles. The summed E-state index contributed by atoms with van der Waals surface area (Å²) in [5.74, 6) is 0.584. The Labute approximate surface area is 76.2 Å². The molecule has 1 N–H and O–H groups in total. The van der Waals surface area contributed by atoms with E-state index in [-0.39, 0.29) is 5.60 Å². The summed E-state index contributed by atoms with van der Waals surface area (Å²) in [6.07, 6.45) is 8.37. The minimum absolute atomic E-state index is 0.347. The molecule has 1 heteroatoms. The summed E-state index contributed by atoms with van der Waals surface area (Å²) in [6, 6.07) is 0. The number of aliphatic hydroxyl groups is 1. The Morgan fingerprint density at radius 2 is 1.58 bits per heavy atom. The van der Waals surface area contributed by atoms with Crippen LogP contribution in [-0.4, -0.2) is 10.7 Å². The Balaban J connectivity index is 2.51. The van der Waals surface area contributed by atoms with E-state index in [1.807, 2.05) is 0 Å². The highest BCUT2D eigenvalue weighted by Crippen LogP contribution is 2.36. The highest BCUT2D eigenvalue weighted by atomic mass is 16.3. The molecule has 0 aromatic rings. The maximum atomic E-state index is 10.3. The minimum atomic E-state index is -0.347. The predicted octanol–water partition coefficient (Wildman–Crippen LogP) is 3.12. The van der Waals surface area contributed by atoms with Crippen molar-refractivity contribution in [3.8, 4) is 0 Å². The van der Waals surface area contributed by atoms with E-state index in [1.54, 1.807) is 0 Å². The minimum Gasteiger partial charge on any atom is -0.390 e. The molecule has 1 saturated carbocycles. The lowest BCUT2D eigenvalue weighted by Crippen LogP contribution is -2.37. The van der Waals surface area contributed by atoms with Gasteiger partial charge in [0.15, 0.2) is 0 Å². The first-order chi connectivity index (χ1) is 5.73. The van der Waals surface area contributed by atoms with Crippen LogP contribution in [0.4, 0.5) is 0 Å². The van der Waals surface area contributed by atoms with Gasteiger partial charge < -0.3 is 5.11 Å². The maximum absolute atomic E-state index is 10.3. The van der Waals surface area contributed by atoms with E-state index in [2.05, 4.69) is 13.8 Å². The molecule has 1 aliphatic rings. The highest BCUT2D eigenvalue weighted by Gasteiger charge is 2.33. The van der Waals surface area contributed by atoms with Crippen LogP contribution in [0.5, 0.6) is 0 Å². The average Bonchev–Trinajstić information content (AvgIpc) is 2.18. The van der Waals surface area contributed by atoms with Gasteiger partial charge in [-0.2, -0.15) is 0 Å². The monoisotopic (exact) mass is 170 g/mol. The van der Waals surface area contributed by atoms with Crippen molar-refractivity contribution in [3.63, 3.8) is 0 Å². The number of rotatable bonds is 3. The van der Waals surface area contributed by atoms with Gasteiger partial charge in [-0.3, -0.25) is 0 Å². The smallest absolute Gasteiger partial charge is 0.0670 e. The van der Waals surface area contributed by atoms with Crippen LogP contribution in [0.25, 0.3) is 0 Å². The average molecular weight is 170 g/mol. The van der Waals surface area contributed by atoms with Crippen molar-refractivity contribution < 1.29 is 5.11 Å². The standard InChI is InChI=1S/C11H22O/c1-3-11(12,4-2)10-8-6-5-7-9-10/h10,12H,3-9H2,1-2H3.